The Labute approximate surface area is 122 Å². The molecule has 2 rings (SSSR count). The highest BCUT2D eigenvalue weighted by molar-refractivity contribution is 6.42. The highest BCUT2D eigenvalue weighted by Crippen LogP contribution is 2.35. The molecule has 0 radical (unpaired) electrons. The SMILES string of the molecule is Cc1cc(C)c(CN)c(Oc2cccc(Cl)c2Cl)n1. The minimum atomic E-state index is 0.354. The van der Waals surface area contributed by atoms with Gasteiger partial charge < -0.3 is 10.5 Å². The first-order chi connectivity index (χ1) is 9.02. The number of benzene rings is 1. The molecule has 0 saturated heterocycles. The fraction of sp³-hybridized carbons (Fsp3) is 0.214. The first kappa shape index (κ1) is 14.1. The van der Waals surface area contributed by atoms with Crippen molar-refractivity contribution in [2.45, 2.75) is 20.4 Å². The minimum Gasteiger partial charge on any atom is -0.437 e. The molecule has 0 bridgehead atoms. The molecule has 0 spiro atoms. The third-order valence-corrected chi connectivity index (χ3v) is 3.57. The molecule has 0 aliphatic carbocycles. The fourth-order valence-corrected chi connectivity index (χ4v) is 2.16. The molecular formula is C14H14Cl2N2O. The van der Waals surface area contributed by atoms with Crippen molar-refractivity contribution in [3.8, 4) is 11.6 Å². The standard InChI is InChI=1S/C14H14Cl2N2O/c1-8-6-9(2)18-14(10(8)7-17)19-12-5-3-4-11(15)13(12)16/h3-6H,7,17H2,1-2H3. The molecule has 19 heavy (non-hydrogen) atoms. The Bertz CT molecular complexity index is 615. The Morgan fingerprint density at radius 3 is 2.68 bits per heavy atom. The van der Waals surface area contributed by atoms with Crippen LogP contribution in [0.3, 0.4) is 0 Å². The van der Waals surface area contributed by atoms with Gasteiger partial charge in [0.15, 0.2) is 0 Å². The first-order valence-electron chi connectivity index (χ1n) is 5.82. The molecule has 1 heterocycles. The summed E-state index contributed by atoms with van der Waals surface area (Å²) in [4.78, 5) is 4.37. The number of rotatable bonds is 3. The summed E-state index contributed by atoms with van der Waals surface area (Å²) in [7, 11) is 0. The second-order valence-corrected chi connectivity index (χ2v) is 5.01. The molecular weight excluding hydrogens is 283 g/mol. The zero-order valence-corrected chi connectivity index (χ0v) is 12.2. The molecule has 0 unspecified atom stereocenters. The number of hydrogen-bond acceptors (Lipinski definition) is 3. The van der Waals surface area contributed by atoms with Gasteiger partial charge in [-0.25, -0.2) is 4.98 Å². The van der Waals surface area contributed by atoms with E-state index in [1.54, 1.807) is 18.2 Å². The first-order valence-corrected chi connectivity index (χ1v) is 6.57. The van der Waals surface area contributed by atoms with E-state index in [9.17, 15) is 0 Å². The number of nitrogens with zero attached hydrogens (tertiary/aromatic N) is 1. The zero-order valence-electron chi connectivity index (χ0n) is 10.7. The lowest BCUT2D eigenvalue weighted by Gasteiger charge is -2.13. The van der Waals surface area contributed by atoms with Gasteiger partial charge in [0.05, 0.1) is 5.02 Å². The van der Waals surface area contributed by atoms with Gasteiger partial charge in [-0.2, -0.15) is 0 Å². The molecule has 3 nitrogen and oxygen atoms in total. The van der Waals surface area contributed by atoms with Crippen molar-refractivity contribution in [2.75, 3.05) is 0 Å². The Morgan fingerprint density at radius 1 is 1.26 bits per heavy atom. The van der Waals surface area contributed by atoms with Crippen LogP contribution in [0.15, 0.2) is 24.3 Å². The zero-order chi connectivity index (χ0) is 14.0. The summed E-state index contributed by atoms with van der Waals surface area (Å²) in [6, 6.07) is 7.19. The van der Waals surface area contributed by atoms with Gasteiger partial charge in [0, 0.05) is 17.8 Å². The third kappa shape index (κ3) is 3.00. The second kappa shape index (κ2) is 5.78. The maximum atomic E-state index is 6.10. The van der Waals surface area contributed by atoms with E-state index in [4.69, 9.17) is 33.7 Å². The molecule has 1 aromatic carbocycles. The average molecular weight is 297 g/mol. The van der Waals surface area contributed by atoms with Gasteiger partial charge in [0.25, 0.3) is 0 Å². The normalized spacial score (nSPS) is 10.6. The van der Waals surface area contributed by atoms with E-state index in [0.717, 1.165) is 16.8 Å². The van der Waals surface area contributed by atoms with Gasteiger partial charge in [-0.05, 0) is 37.6 Å². The number of ether oxygens (including phenoxy) is 1. The molecule has 0 aliphatic rings. The van der Waals surface area contributed by atoms with E-state index < -0.39 is 0 Å². The summed E-state index contributed by atoms with van der Waals surface area (Å²) >= 11 is 12.1. The smallest absolute Gasteiger partial charge is 0.224 e. The molecule has 0 amide bonds. The largest absolute Gasteiger partial charge is 0.437 e. The van der Waals surface area contributed by atoms with Gasteiger partial charge in [0.2, 0.25) is 5.88 Å². The van der Waals surface area contributed by atoms with Crippen LogP contribution in [0.25, 0.3) is 0 Å². The van der Waals surface area contributed by atoms with E-state index in [2.05, 4.69) is 4.98 Å². The van der Waals surface area contributed by atoms with E-state index in [-0.39, 0.29) is 0 Å². The summed E-state index contributed by atoms with van der Waals surface area (Å²) < 4.78 is 5.77. The number of halogens is 2. The van der Waals surface area contributed by atoms with E-state index in [1.807, 2.05) is 19.9 Å². The van der Waals surface area contributed by atoms with E-state index >= 15 is 0 Å². The molecule has 2 aromatic rings. The summed E-state index contributed by atoms with van der Waals surface area (Å²) in [5.41, 5.74) is 8.52. The van der Waals surface area contributed by atoms with Gasteiger partial charge in [0.1, 0.15) is 10.8 Å². The van der Waals surface area contributed by atoms with Gasteiger partial charge >= 0.3 is 0 Å². The van der Waals surface area contributed by atoms with Gasteiger partial charge in [-0.15, -0.1) is 0 Å². The second-order valence-electron chi connectivity index (χ2n) is 4.22. The lowest BCUT2D eigenvalue weighted by atomic mass is 10.1. The summed E-state index contributed by atoms with van der Waals surface area (Å²) in [5, 5.41) is 0.811. The van der Waals surface area contributed by atoms with Crippen LogP contribution in [0.4, 0.5) is 0 Å². The topological polar surface area (TPSA) is 48.1 Å². The van der Waals surface area contributed by atoms with Crippen LogP contribution in [0.1, 0.15) is 16.8 Å². The minimum absolute atomic E-state index is 0.354. The van der Waals surface area contributed by atoms with Gasteiger partial charge in [-0.1, -0.05) is 29.3 Å². The maximum Gasteiger partial charge on any atom is 0.224 e. The van der Waals surface area contributed by atoms with Crippen molar-refractivity contribution in [3.05, 3.63) is 51.1 Å². The lowest BCUT2D eigenvalue weighted by molar-refractivity contribution is 0.454. The predicted octanol–water partition coefficient (Wildman–Crippen LogP) is 4.26. The van der Waals surface area contributed by atoms with Crippen molar-refractivity contribution in [2.24, 2.45) is 5.73 Å². The molecule has 1 aromatic heterocycles. The average Bonchev–Trinajstić information content (AvgIpc) is 2.34. The third-order valence-electron chi connectivity index (χ3n) is 2.76. The van der Waals surface area contributed by atoms with Crippen molar-refractivity contribution in [1.82, 2.24) is 4.98 Å². The van der Waals surface area contributed by atoms with Crippen molar-refractivity contribution in [1.29, 1.82) is 0 Å². The summed E-state index contributed by atoms with van der Waals surface area (Å²) in [5.74, 6) is 0.950. The highest BCUT2D eigenvalue weighted by atomic mass is 35.5. The monoisotopic (exact) mass is 296 g/mol. The van der Waals surface area contributed by atoms with Crippen molar-refractivity contribution < 1.29 is 4.74 Å². The summed E-state index contributed by atoms with van der Waals surface area (Å²) in [6.07, 6.45) is 0. The van der Waals surface area contributed by atoms with Crippen LogP contribution >= 0.6 is 23.2 Å². The number of pyridine rings is 1. The quantitative estimate of drug-likeness (QED) is 0.921. The van der Waals surface area contributed by atoms with Gasteiger partial charge in [-0.3, -0.25) is 0 Å². The van der Waals surface area contributed by atoms with Crippen LogP contribution < -0.4 is 10.5 Å². The molecule has 0 saturated carbocycles. The maximum absolute atomic E-state index is 6.10. The van der Waals surface area contributed by atoms with Crippen LogP contribution in [0.5, 0.6) is 11.6 Å². The van der Waals surface area contributed by atoms with Crippen LogP contribution in [-0.2, 0) is 6.54 Å². The van der Waals surface area contributed by atoms with Crippen LogP contribution in [0, 0.1) is 13.8 Å². The number of aryl methyl sites for hydroxylation is 2. The number of aromatic nitrogens is 1. The number of hydrogen-bond donors (Lipinski definition) is 1. The molecule has 5 heteroatoms. The van der Waals surface area contributed by atoms with E-state index in [1.165, 1.54) is 0 Å². The Morgan fingerprint density at radius 2 is 2.00 bits per heavy atom. The molecule has 100 valence electrons. The fourth-order valence-electron chi connectivity index (χ4n) is 1.83. The summed E-state index contributed by atoms with van der Waals surface area (Å²) in [6.45, 7) is 4.23. The lowest BCUT2D eigenvalue weighted by Crippen LogP contribution is -2.05. The highest BCUT2D eigenvalue weighted by Gasteiger charge is 2.12. The van der Waals surface area contributed by atoms with Crippen molar-refractivity contribution in [3.63, 3.8) is 0 Å². The molecule has 0 fully saturated rings. The molecule has 2 N–H and O–H groups in total. The molecule has 0 atom stereocenters. The number of nitrogens with two attached hydrogens (primary N) is 1. The van der Waals surface area contributed by atoms with Crippen LogP contribution in [-0.4, -0.2) is 4.98 Å². The van der Waals surface area contributed by atoms with Crippen molar-refractivity contribution >= 4 is 23.2 Å². The Kier molecular flexibility index (Phi) is 4.30. The predicted molar refractivity (Wildman–Crippen MR) is 78.1 cm³/mol. The Hall–Kier alpha value is -1.29. The molecule has 0 aliphatic heterocycles. The van der Waals surface area contributed by atoms with Crippen LogP contribution in [0.2, 0.25) is 10.0 Å². The van der Waals surface area contributed by atoms with E-state index in [0.29, 0.717) is 28.2 Å². The Balaban J connectivity index is 2.46.